The minimum absolute atomic E-state index is 0.0479. The molecule has 90 valence electrons. The van der Waals surface area contributed by atoms with Crippen molar-refractivity contribution in [3.63, 3.8) is 0 Å². The molecule has 0 fully saturated rings. The van der Waals surface area contributed by atoms with Crippen molar-refractivity contribution >= 4 is 5.91 Å². The maximum absolute atomic E-state index is 11.7. The molecular weight excluding hydrogens is 190 g/mol. The second-order valence-corrected chi connectivity index (χ2v) is 6.06. The fraction of sp³-hybridized carbons (Fsp3) is 0.917. The molecular formula is C12H25NO2. The summed E-state index contributed by atoms with van der Waals surface area (Å²) in [5, 5.41) is 2.94. The number of nitrogens with one attached hydrogen (secondary N) is 1. The van der Waals surface area contributed by atoms with Gasteiger partial charge in [0.05, 0.1) is 18.1 Å². The van der Waals surface area contributed by atoms with Crippen molar-refractivity contribution in [1.29, 1.82) is 0 Å². The van der Waals surface area contributed by atoms with E-state index >= 15 is 0 Å². The van der Waals surface area contributed by atoms with Gasteiger partial charge in [0, 0.05) is 5.54 Å². The van der Waals surface area contributed by atoms with Gasteiger partial charge in [-0.25, -0.2) is 0 Å². The van der Waals surface area contributed by atoms with Gasteiger partial charge < -0.3 is 10.1 Å². The van der Waals surface area contributed by atoms with Gasteiger partial charge in [-0.05, 0) is 41.5 Å². The number of carbonyl (C=O) groups is 1. The maximum atomic E-state index is 11.7. The Morgan fingerprint density at radius 3 is 2.00 bits per heavy atom. The van der Waals surface area contributed by atoms with E-state index in [1.54, 1.807) is 0 Å². The van der Waals surface area contributed by atoms with Crippen LogP contribution in [0.25, 0.3) is 0 Å². The zero-order chi connectivity index (χ0) is 12.3. The van der Waals surface area contributed by atoms with E-state index in [0.29, 0.717) is 6.61 Å². The van der Waals surface area contributed by atoms with Gasteiger partial charge in [0.1, 0.15) is 0 Å². The molecule has 0 aliphatic heterocycles. The van der Waals surface area contributed by atoms with Crippen molar-refractivity contribution in [3.05, 3.63) is 0 Å². The van der Waals surface area contributed by atoms with E-state index in [9.17, 15) is 4.79 Å². The highest BCUT2D eigenvalue weighted by molar-refractivity contribution is 5.79. The van der Waals surface area contributed by atoms with Crippen LogP contribution in [0.1, 0.15) is 48.5 Å². The Morgan fingerprint density at radius 2 is 1.67 bits per heavy atom. The Bertz CT molecular complexity index is 211. The molecule has 3 heteroatoms. The van der Waals surface area contributed by atoms with Crippen molar-refractivity contribution in [2.24, 2.45) is 5.92 Å². The highest BCUT2D eigenvalue weighted by atomic mass is 16.5. The predicted octanol–water partition coefficient (Wildman–Crippen LogP) is 2.35. The molecule has 0 radical (unpaired) electrons. The summed E-state index contributed by atoms with van der Waals surface area (Å²) in [5.41, 5.74) is -0.358. The number of carbonyl (C=O) groups excluding carboxylic acids is 1. The third kappa shape index (κ3) is 8.43. The molecule has 0 aliphatic carbocycles. The van der Waals surface area contributed by atoms with Crippen molar-refractivity contribution in [2.45, 2.75) is 59.6 Å². The van der Waals surface area contributed by atoms with Crippen molar-refractivity contribution in [2.75, 3.05) is 6.61 Å². The Kier molecular flexibility index (Phi) is 4.78. The molecule has 0 bridgehead atoms. The Balaban J connectivity index is 4.01. The molecule has 3 nitrogen and oxygen atoms in total. The zero-order valence-electron chi connectivity index (χ0n) is 11.1. The van der Waals surface area contributed by atoms with Crippen LogP contribution in [-0.2, 0) is 9.53 Å². The fourth-order valence-electron chi connectivity index (χ4n) is 0.943. The van der Waals surface area contributed by atoms with Gasteiger partial charge in [-0.1, -0.05) is 6.92 Å². The van der Waals surface area contributed by atoms with E-state index in [1.165, 1.54) is 0 Å². The summed E-state index contributed by atoms with van der Waals surface area (Å²) in [6.07, 6.45) is 0. The highest BCUT2D eigenvalue weighted by Crippen LogP contribution is 2.10. The Morgan fingerprint density at radius 1 is 1.20 bits per heavy atom. The predicted molar refractivity (Wildman–Crippen MR) is 62.8 cm³/mol. The molecule has 0 aromatic heterocycles. The second-order valence-electron chi connectivity index (χ2n) is 6.06. The van der Waals surface area contributed by atoms with Gasteiger partial charge in [0.2, 0.25) is 5.91 Å². The number of amides is 1. The third-order valence-electron chi connectivity index (χ3n) is 1.71. The van der Waals surface area contributed by atoms with E-state index in [-0.39, 0.29) is 23.0 Å². The van der Waals surface area contributed by atoms with Crippen LogP contribution in [0.3, 0.4) is 0 Å². The minimum atomic E-state index is -0.184. The molecule has 0 unspecified atom stereocenters. The molecule has 15 heavy (non-hydrogen) atoms. The molecule has 1 amide bonds. The summed E-state index contributed by atoms with van der Waals surface area (Å²) in [6.45, 7) is 14.2. The first kappa shape index (κ1) is 14.4. The number of hydrogen-bond acceptors (Lipinski definition) is 2. The van der Waals surface area contributed by atoms with Crippen LogP contribution >= 0.6 is 0 Å². The standard InChI is InChI=1S/C12H25NO2/c1-9(8-15-12(5,6)7)10(14)13-11(2,3)4/h9H,8H2,1-7H3,(H,13,14)/t9-/m1/s1. The first-order valence-electron chi connectivity index (χ1n) is 5.47. The van der Waals surface area contributed by atoms with E-state index in [0.717, 1.165) is 0 Å². The van der Waals surface area contributed by atoms with Gasteiger partial charge in [-0.15, -0.1) is 0 Å². The molecule has 0 heterocycles. The molecule has 0 spiro atoms. The molecule has 0 saturated heterocycles. The molecule has 0 aromatic carbocycles. The molecule has 0 saturated carbocycles. The average molecular weight is 215 g/mol. The van der Waals surface area contributed by atoms with E-state index in [1.807, 2.05) is 48.5 Å². The molecule has 0 aromatic rings. The lowest BCUT2D eigenvalue weighted by Gasteiger charge is -2.25. The van der Waals surface area contributed by atoms with Crippen LogP contribution in [0.2, 0.25) is 0 Å². The van der Waals surface area contributed by atoms with Crippen molar-refractivity contribution < 1.29 is 9.53 Å². The first-order valence-corrected chi connectivity index (χ1v) is 5.47. The lowest BCUT2D eigenvalue weighted by Crippen LogP contribution is -2.44. The third-order valence-corrected chi connectivity index (χ3v) is 1.71. The average Bonchev–Trinajstić information content (AvgIpc) is 1.95. The summed E-state index contributed by atoms with van der Waals surface area (Å²) in [6, 6.07) is 0. The summed E-state index contributed by atoms with van der Waals surface area (Å²) in [4.78, 5) is 11.7. The lowest BCUT2D eigenvalue weighted by molar-refractivity contribution is -0.129. The van der Waals surface area contributed by atoms with Gasteiger partial charge in [-0.3, -0.25) is 4.79 Å². The normalized spacial score (nSPS) is 14.9. The van der Waals surface area contributed by atoms with Gasteiger partial charge in [0.25, 0.3) is 0 Å². The van der Waals surface area contributed by atoms with Crippen LogP contribution in [0, 0.1) is 5.92 Å². The van der Waals surface area contributed by atoms with Crippen LogP contribution < -0.4 is 5.32 Å². The van der Waals surface area contributed by atoms with E-state index in [4.69, 9.17) is 4.74 Å². The molecule has 1 atom stereocenters. The van der Waals surface area contributed by atoms with Gasteiger partial charge in [0.15, 0.2) is 0 Å². The monoisotopic (exact) mass is 215 g/mol. The summed E-state index contributed by atoms with van der Waals surface area (Å²) in [5.74, 6) is -0.0600. The quantitative estimate of drug-likeness (QED) is 0.785. The maximum Gasteiger partial charge on any atom is 0.225 e. The van der Waals surface area contributed by atoms with Crippen LogP contribution in [-0.4, -0.2) is 23.7 Å². The minimum Gasteiger partial charge on any atom is -0.375 e. The fourth-order valence-corrected chi connectivity index (χ4v) is 0.943. The summed E-state index contributed by atoms with van der Waals surface area (Å²) >= 11 is 0. The Labute approximate surface area is 93.6 Å². The second kappa shape index (κ2) is 4.97. The topological polar surface area (TPSA) is 38.3 Å². The molecule has 0 rings (SSSR count). The summed E-state index contributed by atoms with van der Waals surface area (Å²) < 4.78 is 5.57. The number of rotatable bonds is 3. The number of ether oxygens (including phenoxy) is 1. The van der Waals surface area contributed by atoms with Crippen LogP contribution in [0.5, 0.6) is 0 Å². The zero-order valence-corrected chi connectivity index (χ0v) is 11.1. The van der Waals surface area contributed by atoms with Gasteiger partial charge in [-0.2, -0.15) is 0 Å². The van der Waals surface area contributed by atoms with Crippen molar-refractivity contribution in [3.8, 4) is 0 Å². The Hall–Kier alpha value is -0.570. The molecule has 0 aliphatic rings. The van der Waals surface area contributed by atoms with Crippen LogP contribution in [0.15, 0.2) is 0 Å². The largest absolute Gasteiger partial charge is 0.375 e. The van der Waals surface area contributed by atoms with Crippen LogP contribution in [0.4, 0.5) is 0 Å². The molecule has 1 N–H and O–H groups in total. The smallest absolute Gasteiger partial charge is 0.225 e. The SMILES string of the molecule is C[C@H](COC(C)(C)C)C(=O)NC(C)(C)C. The summed E-state index contributed by atoms with van der Waals surface area (Å²) in [7, 11) is 0. The first-order chi connectivity index (χ1) is 6.51. The lowest BCUT2D eigenvalue weighted by atomic mass is 10.1. The van der Waals surface area contributed by atoms with E-state index < -0.39 is 0 Å². The van der Waals surface area contributed by atoms with E-state index in [2.05, 4.69) is 5.32 Å². The highest BCUT2D eigenvalue weighted by Gasteiger charge is 2.21. The number of hydrogen-bond donors (Lipinski definition) is 1. The van der Waals surface area contributed by atoms with Gasteiger partial charge >= 0.3 is 0 Å². The van der Waals surface area contributed by atoms with Crippen molar-refractivity contribution in [1.82, 2.24) is 5.32 Å².